The molecule has 0 bridgehead atoms. The maximum absolute atomic E-state index is 11.9. The molecule has 0 atom stereocenters. The van der Waals surface area contributed by atoms with Gasteiger partial charge in [-0.05, 0) is 12.1 Å². The first-order chi connectivity index (χ1) is 6.56. The number of aromatic nitrogens is 2. The lowest BCUT2D eigenvalue weighted by atomic mass is 10.2. The number of para-hydroxylation sites is 1. The zero-order valence-corrected chi connectivity index (χ0v) is 6.80. The molecule has 0 saturated carbocycles. The summed E-state index contributed by atoms with van der Waals surface area (Å²) in [5, 5.41) is 6.16. The molecule has 3 nitrogen and oxygen atoms in total. The molecule has 0 amide bonds. The fourth-order valence-corrected chi connectivity index (χ4v) is 1.13. The molecule has 0 aliphatic rings. The third-order valence-electron chi connectivity index (χ3n) is 1.65. The van der Waals surface area contributed by atoms with Crippen LogP contribution in [-0.2, 0) is 0 Å². The number of H-pyrrole nitrogens is 1. The van der Waals surface area contributed by atoms with Gasteiger partial charge in [0.25, 0.3) is 0 Å². The zero-order chi connectivity index (χ0) is 10.2. The standard InChI is InChI=1S/C8H5F3N2O/c9-8(10,11)14-7-5-3-1-2-4-6(5)12-13-7/h1-4H,(H,12,13). The Hall–Kier alpha value is -1.72. The fourth-order valence-electron chi connectivity index (χ4n) is 1.13. The van der Waals surface area contributed by atoms with Gasteiger partial charge in [0.15, 0.2) is 0 Å². The van der Waals surface area contributed by atoms with Gasteiger partial charge in [-0.1, -0.05) is 12.1 Å². The molecule has 0 aliphatic heterocycles. The highest BCUT2D eigenvalue weighted by Crippen LogP contribution is 2.27. The minimum absolute atomic E-state index is 0.310. The minimum atomic E-state index is -4.71. The highest BCUT2D eigenvalue weighted by atomic mass is 19.4. The van der Waals surface area contributed by atoms with E-state index in [4.69, 9.17) is 0 Å². The van der Waals surface area contributed by atoms with E-state index in [1.807, 2.05) is 0 Å². The van der Waals surface area contributed by atoms with Crippen LogP contribution in [0.25, 0.3) is 10.9 Å². The maximum atomic E-state index is 11.9. The van der Waals surface area contributed by atoms with Crippen LogP contribution < -0.4 is 4.74 Å². The molecule has 1 N–H and O–H groups in total. The molecule has 1 heterocycles. The summed E-state index contributed by atoms with van der Waals surface area (Å²) >= 11 is 0. The van der Waals surface area contributed by atoms with E-state index in [0.717, 1.165) is 0 Å². The molecule has 6 heteroatoms. The second-order valence-corrected chi connectivity index (χ2v) is 2.62. The predicted molar refractivity (Wildman–Crippen MR) is 42.8 cm³/mol. The third kappa shape index (κ3) is 1.63. The summed E-state index contributed by atoms with van der Waals surface area (Å²) in [5.74, 6) is -0.451. The molecule has 2 rings (SSSR count). The van der Waals surface area contributed by atoms with E-state index >= 15 is 0 Å². The molecule has 0 spiro atoms. The van der Waals surface area contributed by atoms with Crippen molar-refractivity contribution in [1.82, 2.24) is 10.2 Å². The van der Waals surface area contributed by atoms with Crippen molar-refractivity contribution >= 4 is 10.9 Å². The first-order valence-electron chi connectivity index (χ1n) is 3.75. The molecule has 0 fully saturated rings. The average Bonchev–Trinajstić information content (AvgIpc) is 2.47. The molecule has 0 unspecified atom stereocenters. The topological polar surface area (TPSA) is 37.9 Å². The van der Waals surface area contributed by atoms with E-state index in [-0.39, 0.29) is 0 Å². The van der Waals surface area contributed by atoms with Crippen molar-refractivity contribution < 1.29 is 17.9 Å². The number of benzene rings is 1. The van der Waals surface area contributed by atoms with E-state index in [9.17, 15) is 13.2 Å². The van der Waals surface area contributed by atoms with Crippen LogP contribution in [0.5, 0.6) is 5.88 Å². The monoisotopic (exact) mass is 202 g/mol. The highest BCUT2D eigenvalue weighted by molar-refractivity contribution is 5.83. The average molecular weight is 202 g/mol. The fraction of sp³-hybridized carbons (Fsp3) is 0.125. The molecule has 0 radical (unpaired) electrons. The molecule has 0 aliphatic carbocycles. The van der Waals surface area contributed by atoms with E-state index in [1.54, 1.807) is 18.2 Å². The lowest BCUT2D eigenvalue weighted by molar-refractivity contribution is -0.275. The number of nitrogens with zero attached hydrogens (tertiary/aromatic N) is 1. The van der Waals surface area contributed by atoms with Crippen molar-refractivity contribution in [3.63, 3.8) is 0 Å². The Morgan fingerprint density at radius 3 is 2.64 bits per heavy atom. The molecule has 74 valence electrons. The number of hydrogen-bond acceptors (Lipinski definition) is 2. The summed E-state index contributed by atoms with van der Waals surface area (Å²) in [5.41, 5.74) is 0.506. The van der Waals surface area contributed by atoms with Gasteiger partial charge in [0, 0.05) is 0 Å². The van der Waals surface area contributed by atoms with Gasteiger partial charge >= 0.3 is 6.36 Å². The van der Waals surface area contributed by atoms with Gasteiger partial charge in [0.1, 0.15) is 0 Å². The molecular formula is C8H5F3N2O. The second kappa shape index (κ2) is 2.90. The second-order valence-electron chi connectivity index (χ2n) is 2.62. The van der Waals surface area contributed by atoms with Crippen molar-refractivity contribution in [2.75, 3.05) is 0 Å². The number of nitrogens with one attached hydrogen (secondary N) is 1. The number of hydrogen-bond donors (Lipinski definition) is 1. The summed E-state index contributed by atoms with van der Waals surface area (Å²) in [6, 6.07) is 6.42. The van der Waals surface area contributed by atoms with E-state index < -0.39 is 12.2 Å². The SMILES string of the molecule is FC(F)(F)Oc1n[nH]c2ccccc12. The van der Waals surface area contributed by atoms with Gasteiger partial charge in [-0.25, -0.2) is 0 Å². The van der Waals surface area contributed by atoms with Crippen LogP contribution in [0.2, 0.25) is 0 Å². The maximum Gasteiger partial charge on any atom is 0.574 e. The van der Waals surface area contributed by atoms with Crippen LogP contribution in [0.1, 0.15) is 0 Å². The summed E-state index contributed by atoms with van der Waals surface area (Å²) in [7, 11) is 0. The van der Waals surface area contributed by atoms with Gasteiger partial charge in [-0.3, -0.25) is 5.10 Å². The van der Waals surface area contributed by atoms with Gasteiger partial charge < -0.3 is 4.74 Å². The molecule has 1 aromatic heterocycles. The number of ether oxygens (including phenoxy) is 1. The molecular weight excluding hydrogens is 197 g/mol. The first-order valence-corrected chi connectivity index (χ1v) is 3.75. The number of alkyl halides is 3. The van der Waals surface area contributed by atoms with Crippen LogP contribution in [0, 0.1) is 0 Å². The number of aromatic amines is 1. The van der Waals surface area contributed by atoms with Crippen molar-refractivity contribution in [2.45, 2.75) is 6.36 Å². The number of halogens is 3. The van der Waals surface area contributed by atoms with Crippen molar-refractivity contribution in [3.8, 4) is 5.88 Å². The van der Waals surface area contributed by atoms with Gasteiger partial charge in [0.05, 0.1) is 10.9 Å². The predicted octanol–water partition coefficient (Wildman–Crippen LogP) is 2.46. The normalized spacial score (nSPS) is 11.9. The third-order valence-corrected chi connectivity index (χ3v) is 1.65. The molecule has 1 aromatic carbocycles. The van der Waals surface area contributed by atoms with Crippen LogP contribution in [0.15, 0.2) is 24.3 Å². The Morgan fingerprint density at radius 1 is 1.21 bits per heavy atom. The molecule has 2 aromatic rings. The first kappa shape index (κ1) is 8.86. The number of rotatable bonds is 1. The van der Waals surface area contributed by atoms with Crippen LogP contribution in [0.4, 0.5) is 13.2 Å². The highest BCUT2D eigenvalue weighted by Gasteiger charge is 2.32. The Balaban J connectivity index is 2.44. The van der Waals surface area contributed by atoms with E-state index in [1.165, 1.54) is 6.07 Å². The summed E-state index contributed by atoms with van der Waals surface area (Å²) in [6.07, 6.45) is -4.71. The van der Waals surface area contributed by atoms with Crippen LogP contribution in [0.3, 0.4) is 0 Å². The quantitative estimate of drug-likeness (QED) is 0.771. The van der Waals surface area contributed by atoms with E-state index in [2.05, 4.69) is 14.9 Å². The summed E-state index contributed by atoms with van der Waals surface area (Å²) < 4.78 is 39.3. The smallest absolute Gasteiger partial charge is 0.386 e. The summed E-state index contributed by atoms with van der Waals surface area (Å²) in [4.78, 5) is 0. The van der Waals surface area contributed by atoms with Crippen molar-refractivity contribution in [2.24, 2.45) is 0 Å². The van der Waals surface area contributed by atoms with Crippen LogP contribution >= 0.6 is 0 Å². The zero-order valence-electron chi connectivity index (χ0n) is 6.80. The Morgan fingerprint density at radius 2 is 1.93 bits per heavy atom. The largest absolute Gasteiger partial charge is 0.574 e. The lowest BCUT2D eigenvalue weighted by Gasteiger charge is -2.04. The van der Waals surface area contributed by atoms with Crippen molar-refractivity contribution in [1.29, 1.82) is 0 Å². The van der Waals surface area contributed by atoms with Gasteiger partial charge in [-0.2, -0.15) is 0 Å². The van der Waals surface area contributed by atoms with Crippen LogP contribution in [-0.4, -0.2) is 16.6 Å². The van der Waals surface area contributed by atoms with Gasteiger partial charge in [0.2, 0.25) is 5.88 Å². The summed E-state index contributed by atoms with van der Waals surface area (Å²) in [6.45, 7) is 0. The van der Waals surface area contributed by atoms with Crippen molar-refractivity contribution in [3.05, 3.63) is 24.3 Å². The Kier molecular flexibility index (Phi) is 1.83. The Bertz CT molecular complexity index is 449. The van der Waals surface area contributed by atoms with E-state index in [0.29, 0.717) is 10.9 Å². The minimum Gasteiger partial charge on any atom is -0.386 e. The lowest BCUT2D eigenvalue weighted by Crippen LogP contribution is -2.17. The van der Waals surface area contributed by atoms with Gasteiger partial charge in [-0.15, -0.1) is 18.3 Å². The Labute approximate surface area is 76.5 Å². The number of fused-ring (bicyclic) bond motifs is 1. The molecule has 0 saturated heterocycles. The molecule has 14 heavy (non-hydrogen) atoms.